The number of nitrogens with one attached hydrogen (secondary N) is 1. The quantitative estimate of drug-likeness (QED) is 0.587. The van der Waals surface area contributed by atoms with Gasteiger partial charge in [-0.2, -0.15) is 0 Å². The SMILES string of the molecule is CCOC(=O)C1(NC(N)=O)CC1c1ccc2cccc(OCc3ccccc3)c2n1. The summed E-state index contributed by atoms with van der Waals surface area (Å²) in [6, 6.07) is 18.7. The Morgan fingerprint density at radius 1 is 1.13 bits per heavy atom. The first kappa shape index (κ1) is 19.7. The summed E-state index contributed by atoms with van der Waals surface area (Å²) < 4.78 is 11.2. The van der Waals surface area contributed by atoms with E-state index in [0.29, 0.717) is 30.0 Å². The minimum Gasteiger partial charge on any atom is -0.487 e. The van der Waals surface area contributed by atoms with Gasteiger partial charge in [0, 0.05) is 17.0 Å². The Morgan fingerprint density at radius 2 is 1.93 bits per heavy atom. The van der Waals surface area contributed by atoms with Crippen LogP contribution >= 0.6 is 0 Å². The molecule has 0 spiro atoms. The Balaban J connectivity index is 1.63. The Hall–Kier alpha value is -3.61. The van der Waals surface area contributed by atoms with Crippen molar-refractivity contribution in [2.24, 2.45) is 5.73 Å². The molecular weight excluding hydrogens is 382 g/mol. The van der Waals surface area contributed by atoms with Crippen LogP contribution in [0.4, 0.5) is 4.79 Å². The van der Waals surface area contributed by atoms with Crippen molar-refractivity contribution >= 4 is 22.9 Å². The summed E-state index contributed by atoms with van der Waals surface area (Å²) >= 11 is 0. The molecule has 1 saturated carbocycles. The summed E-state index contributed by atoms with van der Waals surface area (Å²) in [6.45, 7) is 2.36. The number of benzene rings is 2. The number of nitrogens with two attached hydrogens (primary N) is 1. The number of carbonyl (C=O) groups is 2. The summed E-state index contributed by atoms with van der Waals surface area (Å²) in [5.74, 6) is -0.150. The van der Waals surface area contributed by atoms with Gasteiger partial charge in [0.25, 0.3) is 0 Å². The largest absolute Gasteiger partial charge is 0.487 e. The lowest BCUT2D eigenvalue weighted by Gasteiger charge is -2.17. The van der Waals surface area contributed by atoms with E-state index in [2.05, 4.69) is 5.32 Å². The topological polar surface area (TPSA) is 104 Å². The number of para-hydroxylation sites is 1. The van der Waals surface area contributed by atoms with Gasteiger partial charge in [-0.1, -0.05) is 48.5 Å². The van der Waals surface area contributed by atoms with Gasteiger partial charge in [0.1, 0.15) is 23.4 Å². The molecule has 7 heteroatoms. The molecule has 1 fully saturated rings. The van der Waals surface area contributed by atoms with Gasteiger partial charge in [0.2, 0.25) is 0 Å². The Kier molecular flexibility index (Phi) is 5.27. The number of aromatic nitrogens is 1. The number of hydrogen-bond donors (Lipinski definition) is 2. The van der Waals surface area contributed by atoms with Crippen LogP contribution in [0.1, 0.15) is 30.5 Å². The maximum absolute atomic E-state index is 12.5. The van der Waals surface area contributed by atoms with Gasteiger partial charge in [-0.3, -0.25) is 0 Å². The summed E-state index contributed by atoms with van der Waals surface area (Å²) in [6.07, 6.45) is 0.389. The van der Waals surface area contributed by atoms with Crippen molar-refractivity contribution in [3.8, 4) is 5.75 Å². The van der Waals surface area contributed by atoms with E-state index in [1.165, 1.54) is 0 Å². The predicted octanol–water partition coefficient (Wildman–Crippen LogP) is 3.27. The third kappa shape index (κ3) is 3.78. The molecule has 2 amide bonds. The molecule has 0 radical (unpaired) electrons. The first-order valence-electron chi connectivity index (χ1n) is 9.84. The fraction of sp³-hybridized carbons (Fsp3) is 0.261. The lowest BCUT2D eigenvalue weighted by molar-refractivity contribution is -0.146. The third-order valence-electron chi connectivity index (χ3n) is 5.25. The molecule has 7 nitrogen and oxygen atoms in total. The minimum atomic E-state index is -1.16. The number of esters is 1. The number of urea groups is 1. The van der Waals surface area contributed by atoms with E-state index in [-0.39, 0.29) is 12.5 Å². The maximum Gasteiger partial charge on any atom is 0.332 e. The standard InChI is InChI=1S/C23H23N3O4/c1-2-29-21(27)23(26-22(24)28)13-17(23)18-12-11-16-9-6-10-19(20(16)25-18)30-14-15-7-4-3-5-8-15/h3-12,17H,2,13-14H2,1H3,(H3,24,26,28). The molecule has 30 heavy (non-hydrogen) atoms. The highest BCUT2D eigenvalue weighted by Crippen LogP contribution is 2.52. The number of carbonyl (C=O) groups excluding carboxylic acids is 2. The zero-order chi connectivity index (χ0) is 21.1. The van der Waals surface area contributed by atoms with Crippen LogP contribution in [0.25, 0.3) is 10.9 Å². The molecule has 2 unspecified atom stereocenters. The van der Waals surface area contributed by atoms with Gasteiger partial charge in [-0.05, 0) is 31.0 Å². The van der Waals surface area contributed by atoms with Crippen molar-refractivity contribution in [1.29, 1.82) is 0 Å². The minimum absolute atomic E-state index is 0.219. The Labute approximate surface area is 174 Å². The normalized spacial score (nSPS) is 19.8. The zero-order valence-corrected chi connectivity index (χ0v) is 16.6. The summed E-state index contributed by atoms with van der Waals surface area (Å²) in [5.41, 5.74) is 6.58. The summed E-state index contributed by atoms with van der Waals surface area (Å²) in [5, 5.41) is 3.49. The van der Waals surface area contributed by atoms with Crippen molar-refractivity contribution in [3.63, 3.8) is 0 Å². The van der Waals surface area contributed by atoms with Gasteiger partial charge in [-0.15, -0.1) is 0 Å². The van der Waals surface area contributed by atoms with E-state index in [1.54, 1.807) is 6.92 Å². The van der Waals surface area contributed by atoms with Crippen LogP contribution < -0.4 is 15.8 Å². The van der Waals surface area contributed by atoms with Crippen LogP contribution in [-0.4, -0.2) is 29.1 Å². The van der Waals surface area contributed by atoms with Crippen LogP contribution in [0, 0.1) is 0 Å². The fourth-order valence-corrected chi connectivity index (χ4v) is 3.70. The number of ether oxygens (including phenoxy) is 2. The average Bonchev–Trinajstić information content (AvgIpc) is 3.47. The fourth-order valence-electron chi connectivity index (χ4n) is 3.70. The number of fused-ring (bicyclic) bond motifs is 1. The van der Waals surface area contributed by atoms with Crippen molar-refractivity contribution in [3.05, 3.63) is 71.9 Å². The molecule has 154 valence electrons. The first-order chi connectivity index (χ1) is 14.5. The van der Waals surface area contributed by atoms with Crippen LogP contribution in [0.3, 0.4) is 0 Å². The van der Waals surface area contributed by atoms with Crippen LogP contribution in [0.5, 0.6) is 5.75 Å². The molecule has 1 aromatic heterocycles. The summed E-state index contributed by atoms with van der Waals surface area (Å²) in [7, 11) is 0. The van der Waals surface area contributed by atoms with Crippen molar-refractivity contribution in [2.75, 3.05) is 6.61 Å². The number of amides is 2. The molecule has 0 saturated heterocycles. The van der Waals surface area contributed by atoms with Gasteiger partial charge in [0.15, 0.2) is 0 Å². The van der Waals surface area contributed by atoms with Crippen molar-refractivity contribution in [2.45, 2.75) is 31.4 Å². The van der Waals surface area contributed by atoms with E-state index in [9.17, 15) is 9.59 Å². The maximum atomic E-state index is 12.5. The Morgan fingerprint density at radius 3 is 2.67 bits per heavy atom. The number of nitrogens with zero attached hydrogens (tertiary/aromatic N) is 1. The first-order valence-corrected chi connectivity index (χ1v) is 9.84. The average molecular weight is 405 g/mol. The third-order valence-corrected chi connectivity index (χ3v) is 5.25. The van der Waals surface area contributed by atoms with E-state index in [0.717, 1.165) is 10.9 Å². The number of primary amides is 1. The second-order valence-corrected chi connectivity index (χ2v) is 7.28. The highest BCUT2D eigenvalue weighted by Gasteiger charge is 2.63. The van der Waals surface area contributed by atoms with Gasteiger partial charge >= 0.3 is 12.0 Å². The zero-order valence-electron chi connectivity index (χ0n) is 16.6. The molecule has 1 heterocycles. The molecule has 1 aliphatic rings. The smallest absolute Gasteiger partial charge is 0.332 e. The number of pyridine rings is 1. The number of rotatable bonds is 7. The summed E-state index contributed by atoms with van der Waals surface area (Å²) in [4.78, 5) is 28.8. The predicted molar refractivity (Wildman–Crippen MR) is 112 cm³/mol. The van der Waals surface area contributed by atoms with E-state index in [4.69, 9.17) is 20.2 Å². The Bertz CT molecular complexity index is 1090. The molecule has 2 atom stereocenters. The van der Waals surface area contributed by atoms with Gasteiger partial charge < -0.3 is 20.5 Å². The van der Waals surface area contributed by atoms with E-state index >= 15 is 0 Å². The van der Waals surface area contributed by atoms with E-state index in [1.807, 2.05) is 60.7 Å². The second-order valence-electron chi connectivity index (χ2n) is 7.28. The number of hydrogen-bond acceptors (Lipinski definition) is 5. The van der Waals surface area contributed by atoms with Crippen molar-refractivity contribution in [1.82, 2.24) is 10.3 Å². The van der Waals surface area contributed by atoms with E-state index < -0.39 is 17.5 Å². The van der Waals surface area contributed by atoms with Crippen LogP contribution in [0.15, 0.2) is 60.7 Å². The van der Waals surface area contributed by atoms with Crippen LogP contribution in [0.2, 0.25) is 0 Å². The molecule has 0 bridgehead atoms. The molecule has 4 rings (SSSR count). The van der Waals surface area contributed by atoms with Crippen LogP contribution in [-0.2, 0) is 16.1 Å². The molecule has 3 N–H and O–H groups in total. The van der Waals surface area contributed by atoms with Crippen molar-refractivity contribution < 1.29 is 19.1 Å². The lowest BCUT2D eigenvalue weighted by atomic mass is 10.1. The van der Waals surface area contributed by atoms with Gasteiger partial charge in [0.05, 0.1) is 6.61 Å². The highest BCUT2D eigenvalue weighted by atomic mass is 16.5. The highest BCUT2D eigenvalue weighted by molar-refractivity contribution is 5.92. The van der Waals surface area contributed by atoms with Gasteiger partial charge in [-0.25, -0.2) is 14.6 Å². The molecule has 2 aromatic carbocycles. The molecule has 0 aliphatic heterocycles. The molecule has 3 aromatic rings. The second kappa shape index (κ2) is 8.02. The lowest BCUT2D eigenvalue weighted by Crippen LogP contribution is -2.48. The molecule has 1 aliphatic carbocycles. The monoisotopic (exact) mass is 405 g/mol. The molecular formula is C23H23N3O4.